The van der Waals surface area contributed by atoms with Crippen molar-refractivity contribution in [1.29, 1.82) is 0 Å². The van der Waals surface area contributed by atoms with Crippen molar-refractivity contribution in [3.63, 3.8) is 0 Å². The molecule has 0 aliphatic heterocycles. The second kappa shape index (κ2) is 4.86. The van der Waals surface area contributed by atoms with Crippen LogP contribution in [-0.2, 0) is 14.1 Å². The van der Waals surface area contributed by atoms with Gasteiger partial charge in [-0.05, 0) is 18.2 Å². The number of carbonyl (C=O) groups excluding carboxylic acids is 1. The molecule has 0 spiro atoms. The lowest BCUT2D eigenvalue weighted by atomic mass is 10.1. The molecule has 7 heteroatoms. The van der Waals surface area contributed by atoms with Gasteiger partial charge >= 0.3 is 0 Å². The number of aromatic nitrogens is 4. The largest absolute Gasteiger partial charge is 0.320 e. The van der Waals surface area contributed by atoms with E-state index in [2.05, 4.69) is 15.3 Å². The van der Waals surface area contributed by atoms with Crippen LogP contribution in [0.3, 0.4) is 0 Å². The number of aryl methyl sites for hydroxylation is 2. The van der Waals surface area contributed by atoms with Gasteiger partial charge in [-0.15, -0.1) is 0 Å². The van der Waals surface area contributed by atoms with Crippen LogP contribution in [-0.4, -0.2) is 25.0 Å². The lowest BCUT2D eigenvalue weighted by Crippen LogP contribution is -2.18. The first-order valence-electron chi connectivity index (χ1n) is 6.30. The van der Waals surface area contributed by atoms with Crippen LogP contribution in [0.4, 0.5) is 5.95 Å². The number of carbonyl (C=O) groups is 1. The zero-order chi connectivity index (χ0) is 15.0. The molecule has 0 unspecified atom stereocenters. The van der Waals surface area contributed by atoms with Gasteiger partial charge in [-0.1, -0.05) is 0 Å². The number of anilines is 1. The number of nitrogens with zero attached hydrogens (tertiary/aromatic N) is 4. The Kier molecular flexibility index (Phi) is 3.02. The normalized spacial score (nSPS) is 10.8. The molecule has 0 saturated carbocycles. The maximum atomic E-state index is 12.2. The monoisotopic (exact) mass is 283 g/mol. The van der Waals surface area contributed by atoms with Crippen LogP contribution in [0.5, 0.6) is 0 Å². The highest BCUT2D eigenvalue weighted by Crippen LogP contribution is 2.12. The predicted molar refractivity (Wildman–Crippen MR) is 78.1 cm³/mol. The minimum absolute atomic E-state index is 0.143. The van der Waals surface area contributed by atoms with E-state index < -0.39 is 0 Å². The van der Waals surface area contributed by atoms with Gasteiger partial charge in [-0.25, -0.2) is 9.97 Å². The first-order chi connectivity index (χ1) is 10.1. The van der Waals surface area contributed by atoms with Crippen LogP contribution in [0.2, 0.25) is 0 Å². The molecule has 2 aromatic heterocycles. The highest BCUT2D eigenvalue weighted by molar-refractivity contribution is 6.05. The van der Waals surface area contributed by atoms with Crippen LogP contribution < -0.4 is 10.9 Å². The minimum Gasteiger partial charge on any atom is -0.320 e. The SMILES string of the molecule is Cn1ccnc1NC(=O)c1ccc2c(=O)n(C)cnc2c1. The molecular formula is C14H13N5O2. The fraction of sp³-hybridized carbons (Fsp3) is 0.143. The molecule has 0 aliphatic rings. The molecule has 7 nitrogen and oxygen atoms in total. The van der Waals surface area contributed by atoms with Crippen molar-refractivity contribution in [1.82, 2.24) is 19.1 Å². The average Bonchev–Trinajstić information content (AvgIpc) is 2.88. The number of rotatable bonds is 2. The summed E-state index contributed by atoms with van der Waals surface area (Å²) >= 11 is 0. The molecule has 0 atom stereocenters. The molecule has 3 aromatic rings. The van der Waals surface area contributed by atoms with Crippen LogP contribution in [0.25, 0.3) is 10.9 Å². The molecule has 0 bridgehead atoms. The lowest BCUT2D eigenvalue weighted by molar-refractivity contribution is 0.102. The quantitative estimate of drug-likeness (QED) is 0.758. The van der Waals surface area contributed by atoms with E-state index in [0.29, 0.717) is 22.4 Å². The van der Waals surface area contributed by atoms with E-state index in [1.54, 1.807) is 49.3 Å². The second-order valence-corrected chi connectivity index (χ2v) is 4.71. The van der Waals surface area contributed by atoms with Gasteiger partial charge in [0.15, 0.2) is 0 Å². The standard InChI is InChI=1S/C14H13N5O2/c1-18-6-5-15-14(18)17-12(20)9-3-4-10-11(7-9)16-8-19(2)13(10)21/h3-8H,1-2H3,(H,15,17,20). The van der Waals surface area contributed by atoms with E-state index in [0.717, 1.165) is 0 Å². The van der Waals surface area contributed by atoms with E-state index >= 15 is 0 Å². The molecule has 0 saturated heterocycles. The minimum atomic E-state index is -0.298. The summed E-state index contributed by atoms with van der Waals surface area (Å²) in [5, 5.41) is 3.18. The van der Waals surface area contributed by atoms with Crippen LogP contribution in [0, 0.1) is 0 Å². The summed E-state index contributed by atoms with van der Waals surface area (Å²) in [4.78, 5) is 32.3. The highest BCUT2D eigenvalue weighted by Gasteiger charge is 2.11. The van der Waals surface area contributed by atoms with E-state index in [-0.39, 0.29) is 11.5 Å². The third-order valence-electron chi connectivity index (χ3n) is 3.23. The third-order valence-corrected chi connectivity index (χ3v) is 3.23. The van der Waals surface area contributed by atoms with Gasteiger partial charge in [0.05, 0.1) is 17.2 Å². The topological polar surface area (TPSA) is 81.8 Å². The van der Waals surface area contributed by atoms with E-state index in [4.69, 9.17) is 0 Å². The predicted octanol–water partition coefficient (Wildman–Crippen LogP) is 0.919. The number of hydrogen-bond donors (Lipinski definition) is 1. The Morgan fingerprint density at radius 1 is 1.19 bits per heavy atom. The molecule has 21 heavy (non-hydrogen) atoms. The Morgan fingerprint density at radius 3 is 2.71 bits per heavy atom. The molecule has 0 aliphatic carbocycles. The second-order valence-electron chi connectivity index (χ2n) is 4.71. The maximum absolute atomic E-state index is 12.2. The van der Waals surface area contributed by atoms with Crippen molar-refractivity contribution >= 4 is 22.8 Å². The van der Waals surface area contributed by atoms with E-state index in [9.17, 15) is 9.59 Å². The van der Waals surface area contributed by atoms with Gasteiger partial charge in [0.1, 0.15) is 0 Å². The molecule has 1 amide bonds. The first kappa shape index (κ1) is 13.0. The summed E-state index contributed by atoms with van der Waals surface area (Å²) in [6, 6.07) is 4.80. The Morgan fingerprint density at radius 2 is 2.00 bits per heavy atom. The van der Waals surface area contributed by atoms with E-state index in [1.807, 2.05) is 0 Å². The molecule has 106 valence electrons. The number of hydrogen-bond acceptors (Lipinski definition) is 4. The van der Waals surface area contributed by atoms with Gasteiger partial charge in [0.25, 0.3) is 11.5 Å². The van der Waals surface area contributed by atoms with E-state index in [1.165, 1.54) is 10.9 Å². The molecule has 0 radical (unpaired) electrons. The summed E-state index contributed by atoms with van der Waals surface area (Å²) in [5.41, 5.74) is 0.771. The summed E-state index contributed by atoms with van der Waals surface area (Å²) in [6.45, 7) is 0. The number of benzene rings is 1. The lowest BCUT2D eigenvalue weighted by Gasteiger charge is -2.06. The molecule has 3 rings (SSSR count). The molecule has 2 heterocycles. The fourth-order valence-electron chi connectivity index (χ4n) is 2.01. The van der Waals surface area contributed by atoms with Gasteiger partial charge < -0.3 is 9.13 Å². The number of imidazole rings is 1. The molecular weight excluding hydrogens is 270 g/mol. The average molecular weight is 283 g/mol. The summed E-state index contributed by atoms with van der Waals surface area (Å²) in [6.07, 6.45) is 4.77. The van der Waals surface area contributed by atoms with Crippen molar-refractivity contribution in [2.75, 3.05) is 5.32 Å². The summed E-state index contributed by atoms with van der Waals surface area (Å²) < 4.78 is 3.10. The Labute approximate surface area is 119 Å². The van der Waals surface area contributed by atoms with Crippen LogP contribution in [0.15, 0.2) is 41.7 Å². The van der Waals surface area contributed by atoms with Crippen LogP contribution >= 0.6 is 0 Å². The van der Waals surface area contributed by atoms with Crippen molar-refractivity contribution in [3.05, 3.63) is 52.8 Å². The number of nitrogens with one attached hydrogen (secondary N) is 1. The fourth-order valence-corrected chi connectivity index (χ4v) is 2.01. The molecule has 1 N–H and O–H groups in total. The summed E-state index contributed by atoms with van der Waals surface area (Å²) in [5.74, 6) is 0.158. The van der Waals surface area contributed by atoms with Gasteiger partial charge in [-0.2, -0.15) is 0 Å². The number of fused-ring (bicyclic) bond motifs is 1. The Balaban J connectivity index is 1.98. The van der Waals surface area contributed by atoms with Gasteiger partial charge in [0, 0.05) is 32.1 Å². The third kappa shape index (κ3) is 2.29. The molecule has 0 fully saturated rings. The Bertz CT molecular complexity index is 894. The van der Waals surface area contributed by atoms with Crippen molar-refractivity contribution in [2.24, 2.45) is 14.1 Å². The summed E-state index contributed by atoms with van der Waals surface area (Å²) in [7, 11) is 3.42. The van der Waals surface area contributed by atoms with Gasteiger partial charge in [0.2, 0.25) is 5.95 Å². The van der Waals surface area contributed by atoms with Crippen molar-refractivity contribution < 1.29 is 4.79 Å². The zero-order valence-corrected chi connectivity index (χ0v) is 11.6. The van der Waals surface area contributed by atoms with Crippen molar-refractivity contribution in [3.8, 4) is 0 Å². The first-order valence-corrected chi connectivity index (χ1v) is 6.30. The van der Waals surface area contributed by atoms with Gasteiger partial charge in [-0.3, -0.25) is 14.9 Å². The Hall–Kier alpha value is -2.96. The maximum Gasteiger partial charge on any atom is 0.260 e. The number of amides is 1. The smallest absolute Gasteiger partial charge is 0.260 e. The highest BCUT2D eigenvalue weighted by atomic mass is 16.2. The molecule has 1 aromatic carbocycles. The van der Waals surface area contributed by atoms with Crippen molar-refractivity contribution in [2.45, 2.75) is 0 Å². The zero-order valence-electron chi connectivity index (χ0n) is 11.6. The van der Waals surface area contributed by atoms with Crippen LogP contribution in [0.1, 0.15) is 10.4 Å².